The predicted molar refractivity (Wildman–Crippen MR) is 68.7 cm³/mol. The van der Waals surface area contributed by atoms with E-state index in [1.54, 1.807) is 0 Å². The molecule has 1 aliphatic rings. The van der Waals surface area contributed by atoms with Gasteiger partial charge in [-0.3, -0.25) is 10.1 Å². The first-order valence-electron chi connectivity index (χ1n) is 5.99. The summed E-state index contributed by atoms with van der Waals surface area (Å²) in [5.74, 6) is 0.853. The molecule has 1 heterocycles. The number of nitro groups is 1. The third kappa shape index (κ3) is 2.87. The fourth-order valence-corrected chi connectivity index (χ4v) is 2.59. The summed E-state index contributed by atoms with van der Waals surface area (Å²) in [7, 11) is 0. The molecule has 0 amide bonds. The Morgan fingerprint density at radius 3 is 2.94 bits per heavy atom. The van der Waals surface area contributed by atoms with Crippen LogP contribution < -0.4 is 5.32 Å². The summed E-state index contributed by atoms with van der Waals surface area (Å²) in [5, 5.41) is 14.0. The molecule has 2 rings (SSSR count). The van der Waals surface area contributed by atoms with Gasteiger partial charge in [0.1, 0.15) is 6.33 Å². The standard InChI is InChI=1S/C11H15ClN4O2/c1-7-3-2-4-8(5-7)15-11-9(16(17)18)10(12)13-6-14-11/h6-8H,2-5H2,1H3,(H,13,14,15). The van der Waals surface area contributed by atoms with E-state index in [-0.39, 0.29) is 22.7 Å². The molecule has 1 aromatic heterocycles. The summed E-state index contributed by atoms with van der Waals surface area (Å²) in [6, 6.07) is 0.221. The van der Waals surface area contributed by atoms with Gasteiger partial charge in [0.25, 0.3) is 0 Å². The van der Waals surface area contributed by atoms with Crippen LogP contribution in [0.3, 0.4) is 0 Å². The molecule has 0 aromatic carbocycles. The van der Waals surface area contributed by atoms with E-state index >= 15 is 0 Å². The monoisotopic (exact) mass is 270 g/mol. The molecular weight excluding hydrogens is 256 g/mol. The van der Waals surface area contributed by atoms with E-state index < -0.39 is 4.92 Å². The minimum atomic E-state index is -0.545. The zero-order chi connectivity index (χ0) is 13.1. The van der Waals surface area contributed by atoms with Gasteiger partial charge >= 0.3 is 5.69 Å². The van der Waals surface area contributed by atoms with Crippen molar-refractivity contribution in [2.24, 2.45) is 5.92 Å². The van der Waals surface area contributed by atoms with Crippen molar-refractivity contribution in [3.63, 3.8) is 0 Å². The van der Waals surface area contributed by atoms with E-state index in [1.165, 1.54) is 12.7 Å². The van der Waals surface area contributed by atoms with E-state index in [9.17, 15) is 10.1 Å². The smallest absolute Gasteiger partial charge is 0.348 e. The fraction of sp³-hybridized carbons (Fsp3) is 0.636. The van der Waals surface area contributed by atoms with Crippen LogP contribution in [0, 0.1) is 16.0 Å². The first-order valence-corrected chi connectivity index (χ1v) is 6.37. The van der Waals surface area contributed by atoms with Crippen molar-refractivity contribution in [3.05, 3.63) is 21.6 Å². The zero-order valence-corrected chi connectivity index (χ0v) is 10.9. The number of hydrogen-bond donors (Lipinski definition) is 1. The molecule has 0 bridgehead atoms. The molecule has 1 aliphatic carbocycles. The average molecular weight is 271 g/mol. The van der Waals surface area contributed by atoms with E-state index in [1.807, 2.05) is 0 Å². The highest BCUT2D eigenvalue weighted by molar-refractivity contribution is 6.31. The van der Waals surface area contributed by atoms with E-state index in [0.29, 0.717) is 5.92 Å². The summed E-state index contributed by atoms with van der Waals surface area (Å²) in [6.07, 6.45) is 5.59. The number of anilines is 1. The molecule has 98 valence electrons. The van der Waals surface area contributed by atoms with Gasteiger partial charge in [0.2, 0.25) is 11.0 Å². The third-order valence-corrected chi connectivity index (χ3v) is 3.51. The Morgan fingerprint density at radius 1 is 1.50 bits per heavy atom. The summed E-state index contributed by atoms with van der Waals surface area (Å²) in [4.78, 5) is 18.0. The van der Waals surface area contributed by atoms with Crippen molar-refractivity contribution in [2.45, 2.75) is 38.6 Å². The van der Waals surface area contributed by atoms with Crippen LogP contribution in [0.1, 0.15) is 32.6 Å². The van der Waals surface area contributed by atoms with Crippen LogP contribution in [0.25, 0.3) is 0 Å². The molecule has 18 heavy (non-hydrogen) atoms. The molecule has 1 aromatic rings. The van der Waals surface area contributed by atoms with E-state index in [4.69, 9.17) is 11.6 Å². The SMILES string of the molecule is CC1CCCC(Nc2ncnc(Cl)c2[N+](=O)[O-])C1. The van der Waals surface area contributed by atoms with E-state index in [0.717, 1.165) is 19.3 Å². The summed E-state index contributed by atoms with van der Waals surface area (Å²) in [6.45, 7) is 2.19. The molecule has 0 radical (unpaired) electrons. The van der Waals surface area contributed by atoms with Gasteiger partial charge in [0.15, 0.2) is 0 Å². The lowest BCUT2D eigenvalue weighted by Gasteiger charge is -2.27. The third-order valence-electron chi connectivity index (χ3n) is 3.24. The number of rotatable bonds is 3. The highest BCUT2D eigenvalue weighted by Gasteiger charge is 2.25. The molecule has 0 spiro atoms. The summed E-state index contributed by atoms with van der Waals surface area (Å²) < 4.78 is 0. The highest BCUT2D eigenvalue weighted by Crippen LogP contribution is 2.32. The van der Waals surface area contributed by atoms with Gasteiger partial charge in [0, 0.05) is 6.04 Å². The molecule has 1 N–H and O–H groups in total. The molecule has 0 aliphatic heterocycles. The normalized spacial score (nSPS) is 23.7. The molecular formula is C11H15ClN4O2. The molecule has 7 heteroatoms. The molecule has 1 fully saturated rings. The van der Waals surface area contributed by atoms with Crippen LogP contribution in [0.15, 0.2) is 6.33 Å². The number of halogens is 1. The summed E-state index contributed by atoms with van der Waals surface area (Å²) in [5.41, 5.74) is -0.239. The fourth-order valence-electron chi connectivity index (χ4n) is 2.38. The maximum Gasteiger partial charge on any atom is 0.348 e. The second-order valence-electron chi connectivity index (χ2n) is 4.73. The van der Waals surface area contributed by atoms with Gasteiger partial charge in [-0.05, 0) is 18.8 Å². The van der Waals surface area contributed by atoms with Crippen molar-refractivity contribution in [3.8, 4) is 0 Å². The predicted octanol–water partition coefficient (Wildman–Crippen LogP) is 3.03. The second-order valence-corrected chi connectivity index (χ2v) is 5.09. The minimum absolute atomic E-state index is 0.124. The lowest BCUT2D eigenvalue weighted by molar-refractivity contribution is -0.384. The Bertz CT molecular complexity index is 455. The van der Waals surface area contributed by atoms with Crippen LogP contribution in [-0.2, 0) is 0 Å². The van der Waals surface area contributed by atoms with Crippen molar-refractivity contribution in [1.82, 2.24) is 9.97 Å². The molecule has 2 unspecified atom stereocenters. The maximum atomic E-state index is 10.9. The van der Waals surface area contributed by atoms with Gasteiger partial charge in [-0.25, -0.2) is 9.97 Å². The maximum absolute atomic E-state index is 10.9. The van der Waals surface area contributed by atoms with E-state index in [2.05, 4.69) is 22.2 Å². The summed E-state index contributed by atoms with van der Waals surface area (Å²) >= 11 is 5.74. The number of nitrogens with zero attached hydrogens (tertiary/aromatic N) is 3. The second kappa shape index (κ2) is 5.48. The quantitative estimate of drug-likeness (QED) is 0.519. The van der Waals surface area contributed by atoms with Gasteiger partial charge in [-0.15, -0.1) is 0 Å². The molecule has 2 atom stereocenters. The lowest BCUT2D eigenvalue weighted by Crippen LogP contribution is -2.27. The van der Waals surface area contributed by atoms with Crippen LogP contribution in [-0.4, -0.2) is 20.9 Å². The molecule has 1 saturated carbocycles. The van der Waals surface area contributed by atoms with Gasteiger partial charge in [0.05, 0.1) is 4.92 Å². The Morgan fingerprint density at radius 2 is 2.28 bits per heavy atom. The van der Waals surface area contributed by atoms with Crippen LogP contribution in [0.5, 0.6) is 0 Å². The molecule has 0 saturated heterocycles. The first kappa shape index (κ1) is 13.0. The van der Waals surface area contributed by atoms with Crippen molar-refractivity contribution >= 4 is 23.1 Å². The average Bonchev–Trinajstić information content (AvgIpc) is 2.28. The van der Waals surface area contributed by atoms with Crippen LogP contribution in [0.4, 0.5) is 11.5 Å². The van der Waals surface area contributed by atoms with Crippen molar-refractivity contribution in [1.29, 1.82) is 0 Å². The van der Waals surface area contributed by atoms with Gasteiger partial charge in [-0.1, -0.05) is 31.4 Å². The Balaban J connectivity index is 2.18. The largest absolute Gasteiger partial charge is 0.361 e. The minimum Gasteiger partial charge on any atom is -0.361 e. The Hall–Kier alpha value is -1.43. The van der Waals surface area contributed by atoms with Crippen molar-refractivity contribution < 1.29 is 4.92 Å². The van der Waals surface area contributed by atoms with Crippen LogP contribution >= 0.6 is 11.6 Å². The van der Waals surface area contributed by atoms with Crippen molar-refractivity contribution in [2.75, 3.05) is 5.32 Å². The lowest BCUT2D eigenvalue weighted by atomic mass is 9.87. The number of nitrogens with one attached hydrogen (secondary N) is 1. The number of hydrogen-bond acceptors (Lipinski definition) is 5. The Kier molecular flexibility index (Phi) is 3.96. The topological polar surface area (TPSA) is 81.0 Å². The van der Waals surface area contributed by atoms with Crippen LogP contribution in [0.2, 0.25) is 5.15 Å². The van der Waals surface area contributed by atoms with Gasteiger partial charge < -0.3 is 5.32 Å². The Labute approximate surface area is 110 Å². The van der Waals surface area contributed by atoms with Gasteiger partial charge in [-0.2, -0.15) is 0 Å². The zero-order valence-electron chi connectivity index (χ0n) is 10.1. The molecule has 6 nitrogen and oxygen atoms in total. The first-order chi connectivity index (χ1) is 8.58. The number of aromatic nitrogens is 2. The highest BCUT2D eigenvalue weighted by atomic mass is 35.5.